The molecular formula is C22H22BrN3OS. The predicted molar refractivity (Wildman–Crippen MR) is 121 cm³/mol. The number of benzene rings is 2. The third kappa shape index (κ3) is 4.55. The van der Waals surface area contributed by atoms with Crippen molar-refractivity contribution in [3.8, 4) is 0 Å². The number of carbonyl (C=O) groups excluding carboxylic acids is 1. The number of amides is 1. The van der Waals surface area contributed by atoms with Gasteiger partial charge < -0.3 is 5.32 Å². The molecule has 0 bridgehead atoms. The van der Waals surface area contributed by atoms with Crippen molar-refractivity contribution in [2.75, 3.05) is 11.1 Å². The molecule has 4 nitrogen and oxygen atoms in total. The predicted octanol–water partition coefficient (Wildman–Crippen LogP) is 5.68. The van der Waals surface area contributed by atoms with Crippen LogP contribution in [0.2, 0.25) is 0 Å². The summed E-state index contributed by atoms with van der Waals surface area (Å²) in [4.78, 5) is 22.5. The number of aliphatic imine (C=N–C) groups is 2. The molecule has 28 heavy (non-hydrogen) atoms. The first-order chi connectivity index (χ1) is 13.6. The van der Waals surface area contributed by atoms with Crippen LogP contribution >= 0.6 is 27.7 Å². The van der Waals surface area contributed by atoms with Crippen LogP contribution in [-0.4, -0.2) is 28.1 Å². The number of thioether (sulfide) groups is 1. The lowest BCUT2D eigenvalue weighted by Crippen LogP contribution is -2.25. The van der Waals surface area contributed by atoms with Crippen LogP contribution in [-0.2, 0) is 4.79 Å². The number of hydrogen-bond donors (Lipinski definition) is 1. The van der Waals surface area contributed by atoms with Gasteiger partial charge in [0.15, 0.2) is 5.66 Å². The summed E-state index contributed by atoms with van der Waals surface area (Å²) < 4.78 is 1.04. The van der Waals surface area contributed by atoms with Crippen molar-refractivity contribution in [2.24, 2.45) is 9.98 Å². The van der Waals surface area contributed by atoms with Crippen molar-refractivity contribution in [1.82, 2.24) is 0 Å². The van der Waals surface area contributed by atoms with E-state index in [0.29, 0.717) is 5.75 Å². The molecule has 2 aromatic rings. The fraction of sp³-hybridized carbons (Fsp3) is 0.318. The minimum Gasteiger partial charge on any atom is -0.325 e. The summed E-state index contributed by atoms with van der Waals surface area (Å²) in [5.41, 5.74) is 2.47. The molecule has 0 radical (unpaired) electrons. The summed E-state index contributed by atoms with van der Waals surface area (Å²) in [6, 6.07) is 17.7. The van der Waals surface area contributed by atoms with Crippen LogP contribution in [0.15, 0.2) is 69.1 Å². The Morgan fingerprint density at radius 1 is 1.00 bits per heavy atom. The number of halogens is 1. The van der Waals surface area contributed by atoms with E-state index in [-0.39, 0.29) is 11.6 Å². The molecule has 1 N–H and O–H groups in total. The highest BCUT2D eigenvalue weighted by molar-refractivity contribution is 9.10. The van der Waals surface area contributed by atoms with E-state index in [1.165, 1.54) is 18.2 Å². The number of para-hydroxylation sites is 1. The lowest BCUT2D eigenvalue weighted by Gasteiger charge is -2.27. The lowest BCUT2D eigenvalue weighted by atomic mass is 9.90. The molecule has 1 fully saturated rings. The molecule has 6 heteroatoms. The van der Waals surface area contributed by atoms with Gasteiger partial charge in [0.05, 0.1) is 11.5 Å². The van der Waals surface area contributed by atoms with Crippen LogP contribution in [0.25, 0.3) is 0 Å². The zero-order valence-corrected chi connectivity index (χ0v) is 17.9. The fourth-order valence-corrected chi connectivity index (χ4v) is 4.75. The Kier molecular flexibility index (Phi) is 5.97. The Hall–Kier alpha value is -1.92. The van der Waals surface area contributed by atoms with Crippen LogP contribution in [0.3, 0.4) is 0 Å². The topological polar surface area (TPSA) is 53.8 Å². The molecule has 0 unspecified atom stereocenters. The molecule has 1 spiro atoms. The Morgan fingerprint density at radius 3 is 2.43 bits per heavy atom. The van der Waals surface area contributed by atoms with Crippen LogP contribution in [0.5, 0.6) is 0 Å². The van der Waals surface area contributed by atoms with Crippen molar-refractivity contribution in [3.63, 3.8) is 0 Å². The first-order valence-electron chi connectivity index (χ1n) is 9.57. The maximum atomic E-state index is 12.4. The minimum absolute atomic E-state index is 0.0290. The number of nitrogens with zero attached hydrogens (tertiary/aromatic N) is 2. The van der Waals surface area contributed by atoms with E-state index in [1.807, 2.05) is 42.5 Å². The highest BCUT2D eigenvalue weighted by atomic mass is 79.9. The highest BCUT2D eigenvalue weighted by Gasteiger charge is 2.37. The van der Waals surface area contributed by atoms with E-state index < -0.39 is 0 Å². The summed E-state index contributed by atoms with van der Waals surface area (Å²) in [5.74, 6) is 0.290. The summed E-state index contributed by atoms with van der Waals surface area (Å²) >= 11 is 4.97. The SMILES string of the molecule is O=C(CSC1=NC2(CCCCC2)N=C1c1ccc(Br)cc1)Nc1ccccc1. The summed E-state index contributed by atoms with van der Waals surface area (Å²) in [5, 5.41) is 3.82. The average molecular weight is 456 g/mol. The largest absolute Gasteiger partial charge is 0.325 e. The molecule has 0 saturated heterocycles. The number of hydrogen-bond acceptors (Lipinski definition) is 4. The van der Waals surface area contributed by atoms with E-state index in [9.17, 15) is 4.79 Å². The normalized spacial score (nSPS) is 17.9. The molecule has 144 valence electrons. The zero-order valence-electron chi connectivity index (χ0n) is 15.5. The Morgan fingerprint density at radius 2 is 1.71 bits per heavy atom. The average Bonchev–Trinajstić information content (AvgIpc) is 3.06. The molecule has 0 atom stereocenters. The second-order valence-electron chi connectivity index (χ2n) is 7.13. The van der Waals surface area contributed by atoms with Gasteiger partial charge in [-0.2, -0.15) is 0 Å². The molecule has 1 heterocycles. The van der Waals surface area contributed by atoms with E-state index in [0.717, 1.165) is 52.2 Å². The third-order valence-corrected chi connectivity index (χ3v) is 6.49. The number of nitrogens with one attached hydrogen (secondary N) is 1. The highest BCUT2D eigenvalue weighted by Crippen LogP contribution is 2.38. The number of rotatable bonds is 4. The van der Waals surface area contributed by atoms with Crippen molar-refractivity contribution in [1.29, 1.82) is 0 Å². The molecule has 1 amide bonds. The molecule has 1 aliphatic heterocycles. The molecular weight excluding hydrogens is 434 g/mol. The maximum Gasteiger partial charge on any atom is 0.234 e. The molecule has 4 rings (SSSR count). The van der Waals surface area contributed by atoms with Gasteiger partial charge in [0.1, 0.15) is 5.04 Å². The van der Waals surface area contributed by atoms with Gasteiger partial charge in [-0.25, -0.2) is 4.99 Å². The first kappa shape index (κ1) is 19.4. The van der Waals surface area contributed by atoms with E-state index in [1.54, 1.807) is 0 Å². The van der Waals surface area contributed by atoms with Gasteiger partial charge in [-0.05, 0) is 49.9 Å². The Labute approximate surface area is 178 Å². The number of carbonyl (C=O) groups is 1. The second-order valence-corrected chi connectivity index (χ2v) is 9.01. The van der Waals surface area contributed by atoms with Crippen molar-refractivity contribution in [3.05, 3.63) is 64.6 Å². The van der Waals surface area contributed by atoms with Gasteiger partial charge in [-0.3, -0.25) is 9.79 Å². The van der Waals surface area contributed by atoms with Crippen molar-refractivity contribution in [2.45, 2.75) is 37.8 Å². The van der Waals surface area contributed by atoms with Crippen LogP contribution in [0.4, 0.5) is 5.69 Å². The van der Waals surface area contributed by atoms with Gasteiger partial charge >= 0.3 is 0 Å². The smallest absolute Gasteiger partial charge is 0.234 e. The Bertz CT molecular complexity index is 903. The van der Waals surface area contributed by atoms with E-state index in [4.69, 9.17) is 9.98 Å². The van der Waals surface area contributed by atoms with Crippen LogP contribution < -0.4 is 5.32 Å². The third-order valence-electron chi connectivity index (χ3n) is 5.00. The molecule has 2 aromatic carbocycles. The molecule has 1 aliphatic carbocycles. The lowest BCUT2D eigenvalue weighted by molar-refractivity contribution is -0.113. The first-order valence-corrected chi connectivity index (χ1v) is 11.4. The van der Waals surface area contributed by atoms with Crippen molar-refractivity contribution < 1.29 is 4.79 Å². The molecule has 0 aromatic heterocycles. The molecule has 2 aliphatic rings. The zero-order chi connectivity index (χ0) is 19.4. The second kappa shape index (κ2) is 8.62. The summed E-state index contributed by atoms with van der Waals surface area (Å²) in [6.45, 7) is 0. The van der Waals surface area contributed by atoms with Gasteiger partial charge in [-0.15, -0.1) is 0 Å². The van der Waals surface area contributed by atoms with Gasteiger partial charge in [0, 0.05) is 15.7 Å². The minimum atomic E-state index is -0.321. The van der Waals surface area contributed by atoms with E-state index >= 15 is 0 Å². The monoisotopic (exact) mass is 455 g/mol. The standard InChI is InChI=1S/C22H22BrN3OS/c23-17-11-9-16(10-12-17)20-21(26-22(25-20)13-5-2-6-14-22)28-15-19(27)24-18-7-3-1-4-8-18/h1,3-4,7-12H,2,5-6,13-15H2,(H,24,27). The molecule has 1 saturated carbocycles. The van der Waals surface area contributed by atoms with Gasteiger partial charge in [0.2, 0.25) is 5.91 Å². The van der Waals surface area contributed by atoms with Gasteiger partial charge in [0.25, 0.3) is 0 Å². The number of anilines is 1. The van der Waals surface area contributed by atoms with Crippen LogP contribution in [0.1, 0.15) is 37.7 Å². The van der Waals surface area contributed by atoms with Crippen LogP contribution in [0, 0.1) is 0 Å². The fourth-order valence-electron chi connectivity index (χ4n) is 3.61. The van der Waals surface area contributed by atoms with Gasteiger partial charge in [-0.1, -0.05) is 64.4 Å². The summed E-state index contributed by atoms with van der Waals surface area (Å²) in [7, 11) is 0. The maximum absolute atomic E-state index is 12.4. The Balaban J connectivity index is 1.51. The van der Waals surface area contributed by atoms with E-state index in [2.05, 4.69) is 33.4 Å². The summed E-state index contributed by atoms with van der Waals surface area (Å²) in [6.07, 6.45) is 5.56. The quantitative estimate of drug-likeness (QED) is 0.644. The van der Waals surface area contributed by atoms with Crippen molar-refractivity contribution >= 4 is 50.0 Å².